The van der Waals surface area contributed by atoms with Crippen LogP contribution in [-0.2, 0) is 0 Å². The number of amides is 1. The van der Waals surface area contributed by atoms with Gasteiger partial charge in [-0.2, -0.15) is 0 Å². The molecule has 4 nitrogen and oxygen atoms in total. The summed E-state index contributed by atoms with van der Waals surface area (Å²) < 4.78 is 0. The van der Waals surface area contributed by atoms with Crippen LogP contribution in [0, 0.1) is 11.3 Å². The zero-order chi connectivity index (χ0) is 12.4. The molecule has 0 saturated heterocycles. The van der Waals surface area contributed by atoms with Crippen LogP contribution in [0.4, 0.5) is 4.79 Å². The van der Waals surface area contributed by atoms with Crippen molar-refractivity contribution in [3.8, 4) is 0 Å². The third kappa shape index (κ3) is 2.67. The molecule has 0 radical (unpaired) electrons. The van der Waals surface area contributed by atoms with E-state index in [0.29, 0.717) is 0 Å². The number of carboxylic acid groups (broad SMARTS) is 1. The molecule has 0 aromatic carbocycles. The van der Waals surface area contributed by atoms with Gasteiger partial charge in [0.1, 0.15) is 0 Å². The lowest BCUT2D eigenvalue weighted by atomic mass is 9.63. The summed E-state index contributed by atoms with van der Waals surface area (Å²) in [4.78, 5) is 10.9. The van der Waals surface area contributed by atoms with Crippen molar-refractivity contribution in [3.63, 3.8) is 0 Å². The van der Waals surface area contributed by atoms with Crippen LogP contribution in [0.5, 0.6) is 0 Å². The summed E-state index contributed by atoms with van der Waals surface area (Å²) in [6.07, 6.45) is 2.60. The monoisotopic (exact) mass is 229 g/mol. The minimum absolute atomic E-state index is 0.126. The molecule has 1 amide bonds. The molecule has 4 heteroatoms. The highest BCUT2D eigenvalue weighted by atomic mass is 16.4. The van der Waals surface area contributed by atoms with Gasteiger partial charge in [0, 0.05) is 12.1 Å². The van der Waals surface area contributed by atoms with Crippen LogP contribution >= 0.6 is 0 Å². The van der Waals surface area contributed by atoms with Crippen molar-refractivity contribution in [2.45, 2.75) is 52.0 Å². The second-order valence-corrected chi connectivity index (χ2v) is 5.91. The SMILES string of the molecule is CC(C)(C)[C@@]1(NC(=O)O)CCC[C@@H](CO)C1. The zero-order valence-electron chi connectivity index (χ0n) is 10.4. The number of rotatable bonds is 2. The summed E-state index contributed by atoms with van der Waals surface area (Å²) in [6, 6.07) is 0. The summed E-state index contributed by atoms with van der Waals surface area (Å²) in [5.74, 6) is 0.222. The fourth-order valence-corrected chi connectivity index (χ4v) is 2.73. The van der Waals surface area contributed by atoms with Crippen LogP contribution in [0.25, 0.3) is 0 Å². The Balaban J connectivity index is 2.90. The van der Waals surface area contributed by atoms with Gasteiger partial charge in [-0.15, -0.1) is 0 Å². The van der Waals surface area contributed by atoms with E-state index in [0.717, 1.165) is 25.7 Å². The Kier molecular flexibility index (Phi) is 3.84. The molecule has 0 bridgehead atoms. The van der Waals surface area contributed by atoms with Crippen molar-refractivity contribution >= 4 is 6.09 Å². The van der Waals surface area contributed by atoms with E-state index in [1.54, 1.807) is 0 Å². The summed E-state index contributed by atoms with van der Waals surface area (Å²) >= 11 is 0. The van der Waals surface area contributed by atoms with Gasteiger partial charge in [-0.3, -0.25) is 0 Å². The Morgan fingerprint density at radius 2 is 2.12 bits per heavy atom. The fraction of sp³-hybridized carbons (Fsp3) is 0.917. The molecule has 3 N–H and O–H groups in total. The molecule has 0 aromatic heterocycles. The molecule has 16 heavy (non-hydrogen) atoms. The first-order valence-electron chi connectivity index (χ1n) is 5.93. The van der Waals surface area contributed by atoms with Gasteiger partial charge in [-0.25, -0.2) is 4.79 Å². The van der Waals surface area contributed by atoms with Crippen molar-refractivity contribution in [1.82, 2.24) is 5.32 Å². The first-order valence-corrected chi connectivity index (χ1v) is 5.93. The standard InChI is InChI=1S/C12H23NO3/c1-11(2,3)12(13-10(15)16)6-4-5-9(7-12)8-14/h9,13-14H,4-8H2,1-3H3,(H,15,16)/t9-,12-/m1/s1. The van der Waals surface area contributed by atoms with Crippen LogP contribution in [0.2, 0.25) is 0 Å². The van der Waals surface area contributed by atoms with E-state index in [-0.39, 0.29) is 17.9 Å². The van der Waals surface area contributed by atoms with Gasteiger partial charge in [0.25, 0.3) is 0 Å². The topological polar surface area (TPSA) is 69.6 Å². The second-order valence-electron chi connectivity index (χ2n) is 5.91. The van der Waals surface area contributed by atoms with Gasteiger partial charge in [0.15, 0.2) is 0 Å². The van der Waals surface area contributed by atoms with Crippen molar-refractivity contribution < 1.29 is 15.0 Å². The van der Waals surface area contributed by atoms with Crippen LogP contribution in [-0.4, -0.2) is 28.5 Å². The van der Waals surface area contributed by atoms with Crippen LogP contribution in [0.1, 0.15) is 46.5 Å². The van der Waals surface area contributed by atoms with Crippen LogP contribution in [0.15, 0.2) is 0 Å². The molecule has 0 unspecified atom stereocenters. The fourth-order valence-electron chi connectivity index (χ4n) is 2.73. The number of aliphatic hydroxyl groups is 1. The van der Waals surface area contributed by atoms with E-state index in [4.69, 9.17) is 5.11 Å². The number of hydrogen-bond donors (Lipinski definition) is 3. The summed E-state index contributed by atoms with van der Waals surface area (Å²) in [7, 11) is 0. The maximum Gasteiger partial charge on any atom is 0.405 e. The Morgan fingerprint density at radius 1 is 1.50 bits per heavy atom. The number of nitrogens with one attached hydrogen (secondary N) is 1. The molecular formula is C12H23NO3. The first-order chi connectivity index (χ1) is 7.31. The third-order valence-corrected chi connectivity index (χ3v) is 3.89. The maximum atomic E-state index is 10.9. The minimum Gasteiger partial charge on any atom is -0.465 e. The number of carbonyl (C=O) groups is 1. The molecule has 1 fully saturated rings. The minimum atomic E-state index is -0.964. The molecule has 1 aliphatic carbocycles. The van der Waals surface area contributed by atoms with Crippen molar-refractivity contribution in [3.05, 3.63) is 0 Å². The summed E-state index contributed by atoms with van der Waals surface area (Å²) in [5.41, 5.74) is -0.524. The smallest absolute Gasteiger partial charge is 0.405 e. The van der Waals surface area contributed by atoms with Crippen molar-refractivity contribution in [2.24, 2.45) is 11.3 Å². The lowest BCUT2D eigenvalue weighted by molar-refractivity contribution is 0.0434. The van der Waals surface area contributed by atoms with Gasteiger partial charge in [0.05, 0.1) is 0 Å². The van der Waals surface area contributed by atoms with Gasteiger partial charge in [0.2, 0.25) is 0 Å². The molecule has 1 aliphatic rings. The Morgan fingerprint density at radius 3 is 2.56 bits per heavy atom. The second kappa shape index (κ2) is 4.62. The van der Waals surface area contributed by atoms with E-state index >= 15 is 0 Å². The van der Waals surface area contributed by atoms with E-state index in [2.05, 4.69) is 26.1 Å². The van der Waals surface area contributed by atoms with E-state index in [9.17, 15) is 9.90 Å². The number of aliphatic hydroxyl groups excluding tert-OH is 1. The third-order valence-electron chi connectivity index (χ3n) is 3.89. The normalized spacial score (nSPS) is 31.1. The number of hydrogen-bond acceptors (Lipinski definition) is 2. The highest BCUT2D eigenvalue weighted by molar-refractivity contribution is 5.65. The average molecular weight is 229 g/mol. The molecular weight excluding hydrogens is 206 g/mol. The van der Waals surface area contributed by atoms with Gasteiger partial charge >= 0.3 is 6.09 Å². The molecule has 0 aliphatic heterocycles. The van der Waals surface area contributed by atoms with Crippen molar-refractivity contribution in [1.29, 1.82) is 0 Å². The largest absolute Gasteiger partial charge is 0.465 e. The van der Waals surface area contributed by atoms with E-state index in [1.807, 2.05) is 0 Å². The van der Waals surface area contributed by atoms with E-state index in [1.165, 1.54) is 0 Å². The van der Waals surface area contributed by atoms with Crippen LogP contribution in [0.3, 0.4) is 0 Å². The molecule has 94 valence electrons. The predicted octanol–water partition coefficient (Wildman–Crippen LogP) is 2.22. The lowest BCUT2D eigenvalue weighted by Crippen LogP contribution is -2.59. The highest BCUT2D eigenvalue weighted by Crippen LogP contribution is 2.43. The molecule has 0 aromatic rings. The Bertz CT molecular complexity index is 259. The molecule has 0 spiro atoms. The Hall–Kier alpha value is -0.770. The predicted molar refractivity (Wildman–Crippen MR) is 62.4 cm³/mol. The van der Waals surface area contributed by atoms with E-state index < -0.39 is 11.6 Å². The maximum absolute atomic E-state index is 10.9. The molecule has 2 atom stereocenters. The molecule has 1 saturated carbocycles. The van der Waals surface area contributed by atoms with Crippen molar-refractivity contribution in [2.75, 3.05) is 6.61 Å². The molecule has 1 rings (SSSR count). The Labute approximate surface area is 97.0 Å². The highest BCUT2D eigenvalue weighted by Gasteiger charge is 2.46. The van der Waals surface area contributed by atoms with Gasteiger partial charge in [-0.1, -0.05) is 27.2 Å². The first kappa shape index (κ1) is 13.3. The summed E-state index contributed by atoms with van der Waals surface area (Å²) in [6.45, 7) is 6.33. The van der Waals surface area contributed by atoms with Gasteiger partial charge < -0.3 is 15.5 Å². The van der Waals surface area contributed by atoms with Gasteiger partial charge in [-0.05, 0) is 30.6 Å². The quantitative estimate of drug-likeness (QED) is 0.680. The zero-order valence-corrected chi connectivity index (χ0v) is 10.4. The average Bonchev–Trinajstić information content (AvgIpc) is 2.15. The molecule has 0 heterocycles. The lowest BCUT2D eigenvalue weighted by Gasteiger charge is -2.49. The van der Waals surface area contributed by atoms with Crippen LogP contribution < -0.4 is 5.32 Å². The summed E-state index contributed by atoms with van der Waals surface area (Å²) in [5, 5.41) is 20.9.